The molecule has 1 aliphatic rings. The van der Waals surface area contributed by atoms with Gasteiger partial charge in [0.05, 0.1) is 0 Å². The minimum Gasteiger partial charge on any atom is -0.336 e. The monoisotopic (exact) mass is 293 g/mol. The number of nitrogens with zero attached hydrogens (tertiary/aromatic N) is 3. The number of aryl methyl sites for hydroxylation is 1. The normalized spacial score (nSPS) is 15.0. The number of benzene rings is 1. The molecule has 2 aromatic rings. The second-order valence-corrected chi connectivity index (χ2v) is 5.13. The van der Waals surface area contributed by atoms with E-state index in [0.717, 1.165) is 18.1 Å². The lowest BCUT2D eigenvalue weighted by molar-refractivity contribution is -0.141. The Hall–Kier alpha value is -2.11. The third kappa shape index (κ3) is 2.84. The zero-order valence-electron chi connectivity index (χ0n) is 11.5. The van der Waals surface area contributed by atoms with E-state index in [1.54, 1.807) is 11.8 Å². The van der Waals surface area contributed by atoms with Gasteiger partial charge < -0.3 is 4.90 Å². The molecule has 3 rings (SSSR count). The summed E-state index contributed by atoms with van der Waals surface area (Å²) in [4.78, 5) is 9.65. The number of hydrogen-bond donors (Lipinski definition) is 0. The van der Waals surface area contributed by atoms with Gasteiger partial charge >= 0.3 is 6.18 Å². The largest absolute Gasteiger partial charge is 0.433 e. The van der Waals surface area contributed by atoms with Gasteiger partial charge in [0.2, 0.25) is 5.95 Å². The SMILES string of the molecule is Cc1cc(C(F)(F)F)nc(N2CCc3ccccc3C2)n1. The van der Waals surface area contributed by atoms with E-state index in [-0.39, 0.29) is 5.95 Å². The van der Waals surface area contributed by atoms with Crippen LogP contribution in [-0.2, 0) is 19.1 Å². The smallest absolute Gasteiger partial charge is 0.336 e. The Morgan fingerprint density at radius 3 is 2.52 bits per heavy atom. The summed E-state index contributed by atoms with van der Waals surface area (Å²) in [7, 11) is 0. The van der Waals surface area contributed by atoms with Crippen molar-refractivity contribution in [1.82, 2.24) is 9.97 Å². The summed E-state index contributed by atoms with van der Waals surface area (Å²) in [5.74, 6) is 0.150. The Morgan fingerprint density at radius 1 is 1.10 bits per heavy atom. The van der Waals surface area contributed by atoms with Crippen molar-refractivity contribution in [2.75, 3.05) is 11.4 Å². The van der Waals surface area contributed by atoms with Crippen LogP contribution in [0.3, 0.4) is 0 Å². The van der Waals surface area contributed by atoms with E-state index in [0.29, 0.717) is 18.8 Å². The first kappa shape index (κ1) is 13.9. The zero-order chi connectivity index (χ0) is 15.0. The van der Waals surface area contributed by atoms with E-state index >= 15 is 0 Å². The van der Waals surface area contributed by atoms with E-state index in [1.165, 1.54) is 5.56 Å². The highest BCUT2D eigenvalue weighted by molar-refractivity contribution is 5.40. The van der Waals surface area contributed by atoms with E-state index in [1.807, 2.05) is 24.3 Å². The number of hydrogen-bond acceptors (Lipinski definition) is 3. The van der Waals surface area contributed by atoms with Crippen molar-refractivity contribution >= 4 is 5.95 Å². The molecule has 2 heterocycles. The molecule has 0 fully saturated rings. The lowest BCUT2D eigenvalue weighted by atomic mass is 10.0. The van der Waals surface area contributed by atoms with Gasteiger partial charge in [-0.15, -0.1) is 0 Å². The first-order valence-electron chi connectivity index (χ1n) is 6.68. The molecule has 0 amide bonds. The maximum Gasteiger partial charge on any atom is 0.433 e. The van der Waals surface area contributed by atoms with Gasteiger partial charge in [0.25, 0.3) is 0 Å². The highest BCUT2D eigenvalue weighted by atomic mass is 19.4. The molecule has 0 spiro atoms. The van der Waals surface area contributed by atoms with Crippen LogP contribution < -0.4 is 4.90 Å². The fourth-order valence-corrected chi connectivity index (χ4v) is 2.51. The predicted octanol–water partition coefficient (Wildman–Crippen LogP) is 3.37. The Morgan fingerprint density at radius 2 is 1.81 bits per heavy atom. The summed E-state index contributed by atoms with van der Waals surface area (Å²) >= 11 is 0. The van der Waals surface area contributed by atoms with Gasteiger partial charge in [-0.25, -0.2) is 9.97 Å². The number of anilines is 1. The molecule has 21 heavy (non-hydrogen) atoms. The molecule has 0 aliphatic carbocycles. The van der Waals surface area contributed by atoms with Gasteiger partial charge in [0.1, 0.15) is 5.69 Å². The van der Waals surface area contributed by atoms with Gasteiger partial charge in [-0.05, 0) is 30.5 Å². The number of rotatable bonds is 1. The van der Waals surface area contributed by atoms with Crippen LogP contribution in [0.4, 0.5) is 19.1 Å². The van der Waals surface area contributed by atoms with Crippen LogP contribution in [0.15, 0.2) is 30.3 Å². The lowest BCUT2D eigenvalue weighted by Crippen LogP contribution is -2.32. The van der Waals surface area contributed by atoms with E-state index in [4.69, 9.17) is 0 Å². The van der Waals surface area contributed by atoms with Crippen LogP contribution in [-0.4, -0.2) is 16.5 Å². The fraction of sp³-hybridized carbons (Fsp3) is 0.333. The van der Waals surface area contributed by atoms with Gasteiger partial charge in [-0.1, -0.05) is 24.3 Å². The highest BCUT2D eigenvalue weighted by Crippen LogP contribution is 2.30. The minimum atomic E-state index is -4.45. The van der Waals surface area contributed by atoms with Crippen molar-refractivity contribution in [3.05, 3.63) is 52.8 Å². The van der Waals surface area contributed by atoms with Crippen LogP contribution in [0.2, 0.25) is 0 Å². The zero-order valence-corrected chi connectivity index (χ0v) is 11.5. The standard InChI is InChI=1S/C15H14F3N3/c1-10-8-13(15(16,17)18)20-14(19-10)21-7-6-11-4-2-3-5-12(11)9-21/h2-5,8H,6-7,9H2,1H3. The fourth-order valence-electron chi connectivity index (χ4n) is 2.51. The summed E-state index contributed by atoms with van der Waals surface area (Å²) in [6.45, 7) is 2.72. The first-order chi connectivity index (χ1) is 9.93. The van der Waals surface area contributed by atoms with Crippen LogP contribution >= 0.6 is 0 Å². The Kier molecular flexibility index (Phi) is 3.31. The van der Waals surface area contributed by atoms with E-state index in [9.17, 15) is 13.2 Å². The topological polar surface area (TPSA) is 29.0 Å². The van der Waals surface area contributed by atoms with Crippen LogP contribution in [0.5, 0.6) is 0 Å². The lowest BCUT2D eigenvalue weighted by Gasteiger charge is -2.29. The third-order valence-corrected chi connectivity index (χ3v) is 3.55. The molecule has 0 saturated carbocycles. The number of fused-ring (bicyclic) bond motifs is 1. The van der Waals surface area contributed by atoms with Gasteiger partial charge in [-0.2, -0.15) is 13.2 Å². The Labute approximate surface area is 120 Å². The average Bonchev–Trinajstić information content (AvgIpc) is 2.45. The van der Waals surface area contributed by atoms with Crippen molar-refractivity contribution in [2.24, 2.45) is 0 Å². The molecule has 1 aromatic heterocycles. The quantitative estimate of drug-likeness (QED) is 0.807. The van der Waals surface area contributed by atoms with Gasteiger partial charge in [0.15, 0.2) is 0 Å². The van der Waals surface area contributed by atoms with E-state index < -0.39 is 11.9 Å². The molecular weight excluding hydrogens is 279 g/mol. The Bertz CT molecular complexity index is 667. The molecule has 1 aliphatic heterocycles. The maximum absolute atomic E-state index is 12.8. The van der Waals surface area contributed by atoms with Crippen molar-refractivity contribution in [3.8, 4) is 0 Å². The molecule has 0 unspecified atom stereocenters. The molecule has 0 radical (unpaired) electrons. The van der Waals surface area contributed by atoms with Crippen LogP contribution in [0.25, 0.3) is 0 Å². The van der Waals surface area contributed by atoms with E-state index in [2.05, 4.69) is 9.97 Å². The molecule has 6 heteroatoms. The maximum atomic E-state index is 12.8. The second-order valence-electron chi connectivity index (χ2n) is 5.13. The molecule has 0 N–H and O–H groups in total. The predicted molar refractivity (Wildman–Crippen MR) is 73.0 cm³/mol. The minimum absolute atomic E-state index is 0.150. The molecule has 0 bridgehead atoms. The van der Waals surface area contributed by atoms with Crippen molar-refractivity contribution in [1.29, 1.82) is 0 Å². The summed E-state index contributed by atoms with van der Waals surface area (Å²) in [6, 6.07) is 8.91. The summed E-state index contributed by atoms with van der Waals surface area (Å²) in [5, 5.41) is 0. The van der Waals surface area contributed by atoms with Crippen molar-refractivity contribution in [3.63, 3.8) is 0 Å². The third-order valence-electron chi connectivity index (χ3n) is 3.55. The molecule has 3 nitrogen and oxygen atoms in total. The Balaban J connectivity index is 1.94. The summed E-state index contributed by atoms with van der Waals surface area (Å²) < 4.78 is 38.5. The number of halogens is 3. The van der Waals surface area contributed by atoms with Crippen LogP contribution in [0.1, 0.15) is 22.5 Å². The average molecular weight is 293 g/mol. The molecular formula is C15H14F3N3. The van der Waals surface area contributed by atoms with Crippen molar-refractivity contribution < 1.29 is 13.2 Å². The molecule has 1 aromatic carbocycles. The summed E-state index contributed by atoms with van der Waals surface area (Å²) in [5.41, 5.74) is 1.79. The molecule has 0 saturated heterocycles. The highest BCUT2D eigenvalue weighted by Gasteiger charge is 2.34. The second kappa shape index (κ2) is 5.02. The van der Waals surface area contributed by atoms with Crippen LogP contribution in [0, 0.1) is 6.92 Å². The van der Waals surface area contributed by atoms with Gasteiger partial charge in [0, 0.05) is 18.8 Å². The van der Waals surface area contributed by atoms with Gasteiger partial charge in [-0.3, -0.25) is 0 Å². The number of aromatic nitrogens is 2. The first-order valence-corrected chi connectivity index (χ1v) is 6.68. The summed E-state index contributed by atoms with van der Waals surface area (Å²) in [6.07, 6.45) is -3.66. The van der Waals surface area contributed by atoms with Crippen molar-refractivity contribution in [2.45, 2.75) is 26.1 Å². The molecule has 110 valence electrons. The molecule has 0 atom stereocenters. The number of alkyl halides is 3.